The van der Waals surface area contributed by atoms with E-state index in [1.165, 1.54) is 30.4 Å². The third-order valence-electron chi connectivity index (χ3n) is 6.27. The Balaban J connectivity index is 1.73. The smallest absolute Gasteiger partial charge is 0.289 e. The Morgan fingerprint density at radius 1 is 1.13 bits per heavy atom. The third kappa shape index (κ3) is 8.93. The molecule has 1 aromatic rings. The number of amides is 4. The van der Waals surface area contributed by atoms with E-state index >= 15 is 0 Å². The van der Waals surface area contributed by atoms with Gasteiger partial charge in [-0.1, -0.05) is 38.4 Å². The lowest BCUT2D eigenvalue weighted by Crippen LogP contribution is -2.55. The Kier molecular flexibility index (Phi) is 9.65. The lowest BCUT2D eigenvalue weighted by atomic mass is 9.87. The zero-order valence-corrected chi connectivity index (χ0v) is 22.5. The van der Waals surface area contributed by atoms with Gasteiger partial charge in [0.25, 0.3) is 5.91 Å². The van der Waals surface area contributed by atoms with Gasteiger partial charge in [-0.3, -0.25) is 24.0 Å². The van der Waals surface area contributed by atoms with Crippen molar-refractivity contribution in [2.75, 3.05) is 6.54 Å². The van der Waals surface area contributed by atoms with Crippen molar-refractivity contribution in [1.29, 1.82) is 0 Å². The Bertz CT molecular complexity index is 1130. The van der Waals surface area contributed by atoms with Gasteiger partial charge in [0.1, 0.15) is 11.9 Å². The van der Waals surface area contributed by atoms with Crippen LogP contribution in [0.25, 0.3) is 6.08 Å². The summed E-state index contributed by atoms with van der Waals surface area (Å²) in [6.45, 7) is 6.13. The molecule has 1 aliphatic carbocycles. The fraction of sp³-hybridized carbons (Fsp3) is 0.519. The van der Waals surface area contributed by atoms with Crippen LogP contribution in [0.5, 0.6) is 0 Å². The van der Waals surface area contributed by atoms with Crippen molar-refractivity contribution < 1.29 is 28.4 Å². The first kappa shape index (κ1) is 29.3. The summed E-state index contributed by atoms with van der Waals surface area (Å²) in [5, 5.41) is 10.5. The molecule has 1 aliphatic heterocycles. The zero-order valence-electron chi connectivity index (χ0n) is 21.7. The van der Waals surface area contributed by atoms with E-state index in [2.05, 4.69) is 21.3 Å². The monoisotopic (exact) mass is 548 g/mol. The molecule has 1 aromatic carbocycles. The second kappa shape index (κ2) is 12.5. The van der Waals surface area contributed by atoms with Gasteiger partial charge in [-0.2, -0.15) is 0 Å². The van der Waals surface area contributed by atoms with E-state index in [0.717, 1.165) is 12.8 Å². The average molecular weight is 549 g/mol. The van der Waals surface area contributed by atoms with E-state index in [0.29, 0.717) is 18.5 Å². The van der Waals surface area contributed by atoms with Crippen LogP contribution < -0.4 is 21.3 Å². The number of ketones is 1. The molecule has 0 radical (unpaired) electrons. The maximum Gasteiger partial charge on any atom is 0.289 e. The predicted octanol–water partition coefficient (Wildman–Crippen LogP) is 2.27. The van der Waals surface area contributed by atoms with Crippen molar-refractivity contribution >= 4 is 47.1 Å². The van der Waals surface area contributed by atoms with Crippen LogP contribution in [0.2, 0.25) is 5.02 Å². The summed E-state index contributed by atoms with van der Waals surface area (Å²) in [5.74, 6) is -4.25. The highest BCUT2D eigenvalue weighted by molar-refractivity contribution is 6.38. The molecular formula is C27H34ClFN4O5. The number of hydrogen-bond acceptors (Lipinski definition) is 5. The predicted molar refractivity (Wildman–Crippen MR) is 140 cm³/mol. The summed E-state index contributed by atoms with van der Waals surface area (Å²) in [7, 11) is 0. The molecular weight excluding hydrogens is 515 g/mol. The lowest BCUT2D eigenvalue weighted by molar-refractivity contribution is -0.141. The molecule has 206 valence electrons. The van der Waals surface area contributed by atoms with Crippen molar-refractivity contribution in [2.45, 2.75) is 71.0 Å². The minimum absolute atomic E-state index is 0.0211. The molecule has 0 bridgehead atoms. The van der Waals surface area contributed by atoms with Crippen LogP contribution >= 0.6 is 11.6 Å². The van der Waals surface area contributed by atoms with Gasteiger partial charge in [-0.15, -0.1) is 0 Å². The van der Waals surface area contributed by atoms with E-state index in [4.69, 9.17) is 11.6 Å². The first-order valence-corrected chi connectivity index (χ1v) is 13.1. The molecule has 4 amide bonds. The molecule has 0 spiro atoms. The molecule has 1 saturated carbocycles. The highest BCUT2D eigenvalue weighted by Crippen LogP contribution is 2.23. The molecule has 0 aromatic heterocycles. The van der Waals surface area contributed by atoms with Crippen LogP contribution in [0, 0.1) is 17.2 Å². The number of Topliss-reactive ketones (excluding diaryl/α,β-unsaturated/α-hetero) is 1. The van der Waals surface area contributed by atoms with Crippen molar-refractivity contribution in [3.63, 3.8) is 0 Å². The molecule has 1 unspecified atom stereocenters. The Morgan fingerprint density at radius 2 is 1.84 bits per heavy atom. The molecule has 1 heterocycles. The minimum atomic E-state index is -1.22. The summed E-state index contributed by atoms with van der Waals surface area (Å²) < 4.78 is 13.7. The van der Waals surface area contributed by atoms with Crippen LogP contribution in [0.4, 0.5) is 4.39 Å². The molecule has 2 aliphatic rings. The topological polar surface area (TPSA) is 133 Å². The maximum absolute atomic E-state index is 13.7. The van der Waals surface area contributed by atoms with E-state index in [1.807, 2.05) is 20.8 Å². The van der Waals surface area contributed by atoms with Crippen molar-refractivity contribution in [3.05, 3.63) is 40.7 Å². The van der Waals surface area contributed by atoms with Gasteiger partial charge in [0.05, 0.1) is 11.1 Å². The first-order valence-electron chi connectivity index (χ1n) is 12.7. The molecule has 4 N–H and O–H groups in total. The van der Waals surface area contributed by atoms with E-state index < -0.39 is 47.3 Å². The van der Waals surface area contributed by atoms with Gasteiger partial charge in [0.15, 0.2) is 0 Å². The maximum atomic E-state index is 13.7. The summed E-state index contributed by atoms with van der Waals surface area (Å²) in [6.07, 6.45) is 4.82. The minimum Gasteiger partial charge on any atom is -0.356 e. The van der Waals surface area contributed by atoms with E-state index in [1.54, 1.807) is 0 Å². The normalized spacial score (nSPS) is 19.0. The first-order chi connectivity index (χ1) is 17.8. The molecule has 38 heavy (non-hydrogen) atoms. The van der Waals surface area contributed by atoms with Gasteiger partial charge in [0, 0.05) is 24.6 Å². The number of hydrogen-bond donors (Lipinski definition) is 4. The average Bonchev–Trinajstić information content (AvgIpc) is 3.56. The summed E-state index contributed by atoms with van der Waals surface area (Å²) >= 11 is 5.69. The number of halogens is 2. The van der Waals surface area contributed by atoms with Crippen molar-refractivity contribution in [3.8, 4) is 0 Å². The number of rotatable bonds is 11. The van der Waals surface area contributed by atoms with Crippen molar-refractivity contribution in [2.24, 2.45) is 11.3 Å². The molecule has 1 saturated heterocycles. The van der Waals surface area contributed by atoms with Crippen LogP contribution in [-0.4, -0.2) is 54.1 Å². The van der Waals surface area contributed by atoms with Crippen LogP contribution in [0.15, 0.2) is 24.3 Å². The fourth-order valence-corrected chi connectivity index (χ4v) is 4.25. The Labute approximate surface area is 226 Å². The molecule has 3 atom stereocenters. The van der Waals surface area contributed by atoms with Gasteiger partial charge in [-0.05, 0) is 61.3 Å². The Hall–Kier alpha value is -3.27. The SMILES string of the molecule is CC(C)(C)C[C@H](NC(=O)/C=C/c1ccc(Cl)c(F)c1)C(=O)NC(C[C@@H]1CCNC1=O)C(=O)C(=O)NC1CC1. The third-order valence-corrected chi connectivity index (χ3v) is 6.58. The quantitative estimate of drug-likeness (QED) is 0.249. The highest BCUT2D eigenvalue weighted by atomic mass is 35.5. The van der Waals surface area contributed by atoms with Crippen molar-refractivity contribution in [1.82, 2.24) is 21.3 Å². The largest absolute Gasteiger partial charge is 0.356 e. The highest BCUT2D eigenvalue weighted by Gasteiger charge is 2.37. The van der Waals surface area contributed by atoms with Gasteiger partial charge in [-0.25, -0.2) is 4.39 Å². The number of carbonyl (C=O) groups is 5. The number of nitrogens with one attached hydrogen (secondary N) is 4. The van der Waals surface area contributed by atoms with Crippen LogP contribution in [0.3, 0.4) is 0 Å². The molecule has 2 fully saturated rings. The van der Waals surface area contributed by atoms with Gasteiger partial charge < -0.3 is 21.3 Å². The van der Waals surface area contributed by atoms with Gasteiger partial charge in [0.2, 0.25) is 23.5 Å². The fourth-order valence-electron chi connectivity index (χ4n) is 4.13. The lowest BCUT2D eigenvalue weighted by Gasteiger charge is -2.28. The summed E-state index contributed by atoms with van der Waals surface area (Å²) in [5.41, 5.74) is 0.0213. The summed E-state index contributed by atoms with van der Waals surface area (Å²) in [4.78, 5) is 63.6. The molecule has 11 heteroatoms. The summed E-state index contributed by atoms with van der Waals surface area (Å²) in [6, 6.07) is 1.78. The van der Waals surface area contributed by atoms with Crippen LogP contribution in [0.1, 0.15) is 58.4 Å². The standard InChI is InChI=1S/C27H34ClFN4O5/c1-27(2,3)14-21(32-22(34)9-5-15-4-8-18(28)19(29)12-15)25(37)33-20(13-16-10-11-30-24(16)36)23(35)26(38)31-17-6-7-17/h4-5,8-9,12,16-17,20-21H,6-7,10-11,13-14H2,1-3H3,(H,30,36)(H,31,38)(H,32,34)(H,33,37)/b9-5+/t16-,20?,21-/m0/s1. The zero-order chi connectivity index (χ0) is 28.0. The van der Waals surface area contributed by atoms with Crippen LogP contribution in [-0.2, 0) is 24.0 Å². The van der Waals surface area contributed by atoms with Gasteiger partial charge >= 0.3 is 0 Å². The Morgan fingerprint density at radius 3 is 2.42 bits per heavy atom. The van der Waals surface area contributed by atoms with E-state index in [9.17, 15) is 28.4 Å². The second-order valence-electron chi connectivity index (χ2n) is 11.0. The second-order valence-corrected chi connectivity index (χ2v) is 11.4. The molecule has 3 rings (SSSR count). The molecule has 9 nitrogen and oxygen atoms in total. The number of carbonyl (C=O) groups excluding carboxylic acids is 5. The van der Waals surface area contributed by atoms with E-state index in [-0.39, 0.29) is 35.2 Å². The number of benzene rings is 1.